The lowest BCUT2D eigenvalue weighted by Gasteiger charge is -2.17. The summed E-state index contributed by atoms with van der Waals surface area (Å²) in [5.74, 6) is 0.793. The van der Waals surface area contributed by atoms with Gasteiger partial charge in [0.2, 0.25) is 0 Å². The maximum absolute atomic E-state index is 14.0. The molecule has 0 saturated carbocycles. The molecule has 0 radical (unpaired) electrons. The highest BCUT2D eigenvalue weighted by molar-refractivity contribution is 7.99. The third-order valence-electron chi connectivity index (χ3n) is 5.52. The largest absolute Gasteiger partial charge is 0.497 e. The third-order valence-corrected chi connectivity index (χ3v) is 6.57. The molecule has 0 amide bonds. The SMILES string of the molecule is COc1cccc(-n2c(SC(C)c3nc4ccccc4n3C(F)F)nc3ccccc3c2=O)c1. The van der Waals surface area contributed by atoms with E-state index in [0.29, 0.717) is 38.5 Å². The van der Waals surface area contributed by atoms with Crippen molar-refractivity contribution in [3.63, 3.8) is 0 Å². The number of halogens is 2. The lowest BCUT2D eigenvalue weighted by Crippen LogP contribution is -2.22. The standard InChI is InChI=1S/C25H20F2N4O2S/c1-15(22-28-20-12-5-6-13-21(20)31(22)24(26)27)34-25-29-19-11-4-3-10-18(19)23(32)30(25)16-8-7-9-17(14-16)33-2/h3-15,24H,1-2H3. The number of alkyl halides is 2. The van der Waals surface area contributed by atoms with E-state index in [9.17, 15) is 13.6 Å². The first-order valence-electron chi connectivity index (χ1n) is 10.6. The lowest BCUT2D eigenvalue weighted by molar-refractivity contribution is 0.0715. The average Bonchev–Trinajstić information content (AvgIpc) is 3.24. The van der Waals surface area contributed by atoms with Crippen molar-refractivity contribution in [2.24, 2.45) is 0 Å². The predicted molar refractivity (Wildman–Crippen MR) is 129 cm³/mol. The first-order valence-corrected chi connectivity index (χ1v) is 11.4. The van der Waals surface area contributed by atoms with Crippen LogP contribution < -0.4 is 10.3 Å². The summed E-state index contributed by atoms with van der Waals surface area (Å²) in [5.41, 5.74) is 1.69. The second-order valence-corrected chi connectivity index (χ2v) is 8.93. The van der Waals surface area contributed by atoms with Crippen LogP contribution in [0.5, 0.6) is 5.75 Å². The van der Waals surface area contributed by atoms with Gasteiger partial charge in [0, 0.05) is 6.07 Å². The van der Waals surface area contributed by atoms with Crippen molar-refractivity contribution in [3.05, 3.63) is 89.0 Å². The minimum atomic E-state index is -2.75. The van der Waals surface area contributed by atoms with Crippen LogP contribution in [0.3, 0.4) is 0 Å². The molecule has 0 spiro atoms. The van der Waals surface area contributed by atoms with Crippen molar-refractivity contribution in [1.82, 2.24) is 19.1 Å². The van der Waals surface area contributed by atoms with E-state index < -0.39 is 11.8 Å². The summed E-state index contributed by atoms with van der Waals surface area (Å²) in [6.07, 6.45) is 0. The highest BCUT2D eigenvalue weighted by Crippen LogP contribution is 2.37. The Morgan fingerprint density at radius 2 is 1.68 bits per heavy atom. The molecule has 0 aliphatic rings. The smallest absolute Gasteiger partial charge is 0.320 e. The van der Waals surface area contributed by atoms with Gasteiger partial charge in [0.25, 0.3) is 5.56 Å². The molecular formula is C25H20F2N4O2S. The van der Waals surface area contributed by atoms with E-state index in [-0.39, 0.29) is 11.4 Å². The Kier molecular flexibility index (Phi) is 5.79. The Hall–Kier alpha value is -3.72. The summed E-state index contributed by atoms with van der Waals surface area (Å²) >= 11 is 1.20. The monoisotopic (exact) mass is 478 g/mol. The molecular weight excluding hydrogens is 458 g/mol. The van der Waals surface area contributed by atoms with Crippen molar-refractivity contribution in [3.8, 4) is 11.4 Å². The fraction of sp³-hybridized carbons (Fsp3) is 0.160. The number of rotatable bonds is 6. The molecule has 5 rings (SSSR count). The zero-order valence-electron chi connectivity index (χ0n) is 18.4. The minimum Gasteiger partial charge on any atom is -0.497 e. The summed E-state index contributed by atoms with van der Waals surface area (Å²) in [5, 5.41) is 0.311. The van der Waals surface area contributed by atoms with Crippen molar-refractivity contribution in [2.75, 3.05) is 7.11 Å². The molecule has 6 nitrogen and oxygen atoms in total. The molecule has 34 heavy (non-hydrogen) atoms. The quantitative estimate of drug-likeness (QED) is 0.222. The molecule has 0 bridgehead atoms. The number of para-hydroxylation sites is 3. The predicted octanol–water partition coefficient (Wildman–Crippen LogP) is 5.99. The number of hydrogen-bond donors (Lipinski definition) is 0. The molecule has 0 aliphatic heterocycles. The van der Waals surface area contributed by atoms with E-state index in [1.165, 1.54) is 16.3 Å². The molecule has 1 atom stereocenters. The summed E-state index contributed by atoms with van der Waals surface area (Å²) in [6.45, 7) is -0.974. The number of ether oxygens (including phenoxy) is 1. The van der Waals surface area contributed by atoms with Crippen LogP contribution in [0.2, 0.25) is 0 Å². The van der Waals surface area contributed by atoms with Gasteiger partial charge in [0.15, 0.2) is 5.16 Å². The molecule has 0 saturated heterocycles. The molecule has 172 valence electrons. The topological polar surface area (TPSA) is 61.9 Å². The number of imidazole rings is 1. The van der Waals surface area contributed by atoms with Gasteiger partial charge < -0.3 is 4.74 Å². The molecule has 0 fully saturated rings. The summed E-state index contributed by atoms with van der Waals surface area (Å²) in [4.78, 5) is 22.7. The fourth-order valence-corrected chi connectivity index (χ4v) is 4.97. The number of fused-ring (bicyclic) bond motifs is 2. The van der Waals surface area contributed by atoms with E-state index in [2.05, 4.69) is 4.98 Å². The van der Waals surface area contributed by atoms with Gasteiger partial charge in [0.05, 0.1) is 40.0 Å². The van der Waals surface area contributed by atoms with Crippen LogP contribution in [-0.2, 0) is 0 Å². The Balaban J connectivity index is 1.68. The zero-order valence-corrected chi connectivity index (χ0v) is 19.2. The van der Waals surface area contributed by atoms with Gasteiger partial charge >= 0.3 is 6.55 Å². The number of thioether (sulfide) groups is 1. The minimum absolute atomic E-state index is 0.209. The van der Waals surface area contributed by atoms with Gasteiger partial charge in [-0.15, -0.1) is 0 Å². The fourth-order valence-electron chi connectivity index (χ4n) is 3.93. The van der Waals surface area contributed by atoms with Gasteiger partial charge in [-0.3, -0.25) is 13.9 Å². The normalized spacial score (nSPS) is 12.5. The van der Waals surface area contributed by atoms with E-state index in [1.807, 2.05) is 0 Å². The number of hydrogen-bond acceptors (Lipinski definition) is 5. The summed E-state index contributed by atoms with van der Waals surface area (Å²) < 4.78 is 35.8. The van der Waals surface area contributed by atoms with E-state index in [1.54, 1.807) is 86.8 Å². The van der Waals surface area contributed by atoms with Crippen molar-refractivity contribution < 1.29 is 13.5 Å². The van der Waals surface area contributed by atoms with Gasteiger partial charge in [-0.25, -0.2) is 9.97 Å². The number of benzene rings is 3. The highest BCUT2D eigenvalue weighted by atomic mass is 32.2. The van der Waals surface area contributed by atoms with Crippen LogP contribution in [-0.4, -0.2) is 26.2 Å². The van der Waals surface area contributed by atoms with Gasteiger partial charge in [0.1, 0.15) is 11.6 Å². The Morgan fingerprint density at radius 3 is 2.44 bits per heavy atom. The third kappa shape index (κ3) is 3.81. The lowest BCUT2D eigenvalue weighted by atomic mass is 10.2. The molecule has 0 aliphatic carbocycles. The highest BCUT2D eigenvalue weighted by Gasteiger charge is 2.25. The summed E-state index contributed by atoms with van der Waals surface area (Å²) in [7, 11) is 1.55. The van der Waals surface area contributed by atoms with Gasteiger partial charge in [-0.2, -0.15) is 8.78 Å². The Bertz CT molecular complexity index is 1560. The Morgan fingerprint density at radius 1 is 0.941 bits per heavy atom. The second kappa shape index (κ2) is 8.90. The molecule has 5 aromatic rings. The van der Waals surface area contributed by atoms with Crippen LogP contribution in [0.1, 0.15) is 24.5 Å². The van der Waals surface area contributed by atoms with Crippen molar-refractivity contribution >= 4 is 33.7 Å². The first-order chi connectivity index (χ1) is 16.5. The second-order valence-electron chi connectivity index (χ2n) is 7.62. The Labute approximate surface area is 197 Å². The number of methoxy groups -OCH3 is 1. The van der Waals surface area contributed by atoms with Gasteiger partial charge in [-0.05, 0) is 43.3 Å². The first kappa shape index (κ1) is 22.1. The van der Waals surface area contributed by atoms with E-state index >= 15 is 0 Å². The van der Waals surface area contributed by atoms with Crippen LogP contribution in [0, 0.1) is 0 Å². The molecule has 3 aromatic carbocycles. The van der Waals surface area contributed by atoms with Crippen LogP contribution >= 0.6 is 11.8 Å². The molecule has 9 heteroatoms. The zero-order chi connectivity index (χ0) is 23.8. The van der Waals surface area contributed by atoms with Crippen LogP contribution in [0.4, 0.5) is 8.78 Å². The van der Waals surface area contributed by atoms with E-state index in [4.69, 9.17) is 9.72 Å². The average molecular weight is 479 g/mol. The van der Waals surface area contributed by atoms with Crippen molar-refractivity contribution in [2.45, 2.75) is 23.9 Å². The van der Waals surface area contributed by atoms with Crippen LogP contribution in [0.25, 0.3) is 27.6 Å². The van der Waals surface area contributed by atoms with Crippen LogP contribution in [0.15, 0.2) is 82.7 Å². The molecule has 2 heterocycles. The number of nitrogens with zero attached hydrogens (tertiary/aromatic N) is 4. The van der Waals surface area contributed by atoms with E-state index in [0.717, 1.165) is 4.57 Å². The molecule has 2 aromatic heterocycles. The van der Waals surface area contributed by atoms with Crippen molar-refractivity contribution in [1.29, 1.82) is 0 Å². The summed E-state index contributed by atoms with van der Waals surface area (Å²) in [6, 6.07) is 20.9. The molecule has 0 N–H and O–H groups in total. The number of aromatic nitrogens is 4. The van der Waals surface area contributed by atoms with Gasteiger partial charge in [-0.1, -0.05) is 42.1 Å². The maximum Gasteiger partial charge on any atom is 0.320 e. The maximum atomic E-state index is 14.0. The molecule has 1 unspecified atom stereocenters.